The molecule has 0 aromatic heterocycles. The Morgan fingerprint density at radius 1 is 1.00 bits per heavy atom. The maximum Gasteiger partial charge on any atom is 0.248 e. The Morgan fingerprint density at radius 2 is 1.70 bits per heavy atom. The number of amides is 2. The molecule has 6 heteroatoms. The summed E-state index contributed by atoms with van der Waals surface area (Å²) in [5.41, 5.74) is 2.23. The van der Waals surface area contributed by atoms with Crippen molar-refractivity contribution in [3.8, 4) is 0 Å². The van der Waals surface area contributed by atoms with E-state index in [9.17, 15) is 9.59 Å². The Morgan fingerprint density at radius 3 is 2.48 bits per heavy atom. The Kier molecular flexibility index (Phi) is 3.12. The van der Waals surface area contributed by atoms with Crippen LogP contribution in [0.15, 0.2) is 54.6 Å². The largest absolute Gasteiger partial charge is 0.322 e. The molecule has 1 unspecified atom stereocenters. The summed E-state index contributed by atoms with van der Waals surface area (Å²) in [4.78, 5) is 28.2. The molecule has 0 radical (unpaired) electrons. The molecule has 1 N–H and O–H groups in total. The van der Waals surface area contributed by atoms with Crippen molar-refractivity contribution in [1.29, 1.82) is 0 Å². The summed E-state index contributed by atoms with van der Waals surface area (Å²) in [7, 11) is 0. The van der Waals surface area contributed by atoms with E-state index in [-0.39, 0.29) is 18.2 Å². The molecule has 23 heavy (non-hydrogen) atoms. The molecular formula is C17H13N3O2S. The second kappa shape index (κ2) is 5.17. The molecule has 0 aliphatic carbocycles. The summed E-state index contributed by atoms with van der Waals surface area (Å²) < 4.78 is 0. The highest BCUT2D eigenvalue weighted by molar-refractivity contribution is 7.81. The van der Waals surface area contributed by atoms with E-state index in [2.05, 4.69) is 5.32 Å². The second-order valence-electron chi connectivity index (χ2n) is 5.44. The molecule has 0 bridgehead atoms. The molecule has 1 saturated heterocycles. The predicted molar refractivity (Wildman–Crippen MR) is 92.5 cm³/mol. The van der Waals surface area contributed by atoms with E-state index in [0.717, 1.165) is 5.69 Å². The van der Waals surface area contributed by atoms with E-state index in [4.69, 9.17) is 12.2 Å². The van der Waals surface area contributed by atoms with Crippen LogP contribution in [0.4, 0.5) is 17.1 Å². The van der Waals surface area contributed by atoms with E-state index in [0.29, 0.717) is 16.5 Å². The van der Waals surface area contributed by atoms with Gasteiger partial charge < -0.3 is 10.2 Å². The molecule has 5 nitrogen and oxygen atoms in total. The van der Waals surface area contributed by atoms with Gasteiger partial charge >= 0.3 is 0 Å². The van der Waals surface area contributed by atoms with Crippen LogP contribution < -0.4 is 15.1 Å². The van der Waals surface area contributed by atoms with Gasteiger partial charge in [0.15, 0.2) is 5.11 Å². The van der Waals surface area contributed by atoms with Gasteiger partial charge in [-0.25, -0.2) is 0 Å². The summed E-state index contributed by atoms with van der Waals surface area (Å²) in [6.45, 7) is 0. The Hall–Kier alpha value is -2.73. The third kappa shape index (κ3) is 2.10. The van der Waals surface area contributed by atoms with Crippen molar-refractivity contribution in [2.24, 2.45) is 0 Å². The molecule has 2 aromatic rings. The van der Waals surface area contributed by atoms with Gasteiger partial charge in [-0.1, -0.05) is 30.3 Å². The Balaban J connectivity index is 1.82. The summed E-state index contributed by atoms with van der Waals surface area (Å²) in [5, 5.41) is 3.18. The fourth-order valence-corrected chi connectivity index (χ4v) is 3.45. The number of nitrogens with one attached hydrogen (secondary N) is 1. The smallest absolute Gasteiger partial charge is 0.248 e. The number of benzene rings is 2. The lowest BCUT2D eigenvalue weighted by atomic mass is 10.0. The van der Waals surface area contributed by atoms with Gasteiger partial charge in [0.2, 0.25) is 11.8 Å². The van der Waals surface area contributed by atoms with Crippen LogP contribution in [0.25, 0.3) is 0 Å². The van der Waals surface area contributed by atoms with Crippen molar-refractivity contribution in [3.05, 3.63) is 54.6 Å². The van der Waals surface area contributed by atoms with E-state index < -0.39 is 6.04 Å². The third-order valence-electron chi connectivity index (χ3n) is 4.06. The third-order valence-corrected chi connectivity index (χ3v) is 4.44. The molecule has 2 aliphatic rings. The molecule has 4 rings (SSSR count). The number of hydrogen-bond donors (Lipinski definition) is 1. The molecule has 1 fully saturated rings. The van der Waals surface area contributed by atoms with Crippen LogP contribution in [0.3, 0.4) is 0 Å². The van der Waals surface area contributed by atoms with Crippen LogP contribution in [-0.4, -0.2) is 23.0 Å². The number of hydrogen-bond acceptors (Lipinski definition) is 3. The molecule has 2 heterocycles. The molecule has 0 spiro atoms. The zero-order valence-corrected chi connectivity index (χ0v) is 12.9. The number of carbonyl (C=O) groups is 2. The monoisotopic (exact) mass is 323 g/mol. The minimum Gasteiger partial charge on any atom is -0.322 e. The minimum atomic E-state index is -0.593. The lowest BCUT2D eigenvalue weighted by Crippen LogP contribution is -2.62. The number of anilines is 3. The first-order chi connectivity index (χ1) is 11.2. The van der Waals surface area contributed by atoms with Gasteiger partial charge in [-0.15, -0.1) is 0 Å². The quantitative estimate of drug-likeness (QED) is 0.820. The van der Waals surface area contributed by atoms with E-state index >= 15 is 0 Å². The highest BCUT2D eigenvalue weighted by atomic mass is 32.1. The molecule has 1 atom stereocenters. The van der Waals surface area contributed by atoms with Gasteiger partial charge in [0.25, 0.3) is 0 Å². The standard InChI is InChI=1S/C17H13N3O2S/c21-15-10-14-16(22)18-12-8-4-5-9-13(12)20(14)17(23)19(15)11-6-2-1-3-7-11/h1-9,14H,10H2,(H,18,22). The first-order valence-electron chi connectivity index (χ1n) is 7.28. The summed E-state index contributed by atoms with van der Waals surface area (Å²) in [6.07, 6.45) is 0.0925. The van der Waals surface area contributed by atoms with Gasteiger partial charge in [0, 0.05) is 0 Å². The zero-order chi connectivity index (χ0) is 16.0. The van der Waals surface area contributed by atoms with Crippen LogP contribution in [0, 0.1) is 0 Å². The minimum absolute atomic E-state index is 0.0925. The fraction of sp³-hybridized carbons (Fsp3) is 0.118. The van der Waals surface area contributed by atoms with Gasteiger partial charge in [0.05, 0.1) is 23.5 Å². The van der Waals surface area contributed by atoms with Gasteiger partial charge in [-0.05, 0) is 36.5 Å². The zero-order valence-electron chi connectivity index (χ0n) is 12.1. The number of para-hydroxylation sites is 3. The molecule has 0 saturated carbocycles. The highest BCUT2D eigenvalue weighted by Crippen LogP contribution is 2.37. The van der Waals surface area contributed by atoms with Crippen LogP contribution in [0.2, 0.25) is 0 Å². The molecule has 2 aromatic carbocycles. The van der Waals surface area contributed by atoms with Crippen LogP contribution in [-0.2, 0) is 9.59 Å². The topological polar surface area (TPSA) is 52.7 Å². The normalized spacial score (nSPS) is 20.0. The number of thiocarbonyl (C=S) groups is 1. The van der Waals surface area contributed by atoms with Crippen molar-refractivity contribution in [3.63, 3.8) is 0 Å². The van der Waals surface area contributed by atoms with Crippen LogP contribution in [0.5, 0.6) is 0 Å². The number of rotatable bonds is 1. The summed E-state index contributed by atoms with van der Waals surface area (Å²) in [6, 6.07) is 16.1. The SMILES string of the molecule is O=C1Nc2ccccc2N2C(=S)N(c3ccccc3)C(=O)CC12. The summed E-state index contributed by atoms with van der Waals surface area (Å²) in [5.74, 6) is -0.371. The molecule has 2 aliphatic heterocycles. The van der Waals surface area contributed by atoms with Crippen molar-refractivity contribution >= 4 is 46.2 Å². The van der Waals surface area contributed by atoms with Gasteiger partial charge in [0.1, 0.15) is 6.04 Å². The maximum absolute atomic E-state index is 12.5. The lowest BCUT2D eigenvalue weighted by molar-refractivity contribution is -0.123. The predicted octanol–water partition coefficient (Wildman–Crippen LogP) is 2.54. The second-order valence-corrected chi connectivity index (χ2v) is 5.81. The number of nitrogens with zero attached hydrogens (tertiary/aromatic N) is 2. The number of carbonyl (C=O) groups excluding carboxylic acids is 2. The van der Waals surface area contributed by atoms with E-state index in [1.165, 1.54) is 4.90 Å². The van der Waals surface area contributed by atoms with Crippen molar-refractivity contribution in [1.82, 2.24) is 0 Å². The average Bonchev–Trinajstić information content (AvgIpc) is 2.56. The molecule has 114 valence electrons. The lowest BCUT2D eigenvalue weighted by Gasteiger charge is -2.44. The van der Waals surface area contributed by atoms with Crippen molar-refractivity contribution in [2.75, 3.05) is 15.1 Å². The maximum atomic E-state index is 12.5. The number of fused-ring (bicyclic) bond motifs is 3. The van der Waals surface area contributed by atoms with E-state index in [1.54, 1.807) is 4.90 Å². The Labute approximate surface area is 138 Å². The van der Waals surface area contributed by atoms with E-state index in [1.807, 2.05) is 54.6 Å². The fourth-order valence-electron chi connectivity index (χ4n) is 3.01. The molecule has 2 amide bonds. The first-order valence-corrected chi connectivity index (χ1v) is 7.69. The first kappa shape index (κ1) is 13.9. The van der Waals surface area contributed by atoms with Crippen molar-refractivity contribution < 1.29 is 9.59 Å². The van der Waals surface area contributed by atoms with Crippen LogP contribution in [0.1, 0.15) is 6.42 Å². The highest BCUT2D eigenvalue weighted by Gasteiger charge is 2.44. The summed E-state index contributed by atoms with van der Waals surface area (Å²) >= 11 is 5.56. The molecular weight excluding hydrogens is 310 g/mol. The Bertz CT molecular complexity index is 822. The average molecular weight is 323 g/mol. The van der Waals surface area contributed by atoms with Crippen molar-refractivity contribution in [2.45, 2.75) is 12.5 Å². The van der Waals surface area contributed by atoms with Crippen LogP contribution >= 0.6 is 12.2 Å². The van der Waals surface area contributed by atoms with Gasteiger partial charge in [-0.3, -0.25) is 14.5 Å². The van der Waals surface area contributed by atoms with Gasteiger partial charge in [-0.2, -0.15) is 0 Å².